The first-order valence-electron chi connectivity index (χ1n) is 8.59. The summed E-state index contributed by atoms with van der Waals surface area (Å²) < 4.78 is 5.15. The Balaban J connectivity index is 1.71. The molecule has 0 radical (unpaired) electrons. The number of hydrogen-bond donors (Lipinski definition) is 2. The zero-order valence-corrected chi connectivity index (χ0v) is 15.7. The van der Waals surface area contributed by atoms with Gasteiger partial charge in [-0.05, 0) is 42.7 Å². The number of hydrogen-bond acceptors (Lipinski definition) is 3. The molecule has 1 amide bonds. The van der Waals surface area contributed by atoms with Gasteiger partial charge in [0, 0.05) is 22.6 Å². The van der Waals surface area contributed by atoms with E-state index in [1.165, 1.54) is 6.39 Å². The van der Waals surface area contributed by atoms with E-state index in [2.05, 4.69) is 34.3 Å². The van der Waals surface area contributed by atoms with E-state index in [9.17, 15) is 4.79 Å². The van der Waals surface area contributed by atoms with Gasteiger partial charge in [0.1, 0.15) is 0 Å². The summed E-state index contributed by atoms with van der Waals surface area (Å²) in [6.07, 6.45) is 1.27. The zero-order valence-electron chi connectivity index (χ0n) is 15.0. The van der Waals surface area contributed by atoms with Crippen LogP contribution < -0.4 is 5.32 Å². The van der Waals surface area contributed by atoms with E-state index < -0.39 is 0 Å². The summed E-state index contributed by atoms with van der Waals surface area (Å²) in [6.45, 7) is 4.12. The van der Waals surface area contributed by atoms with Gasteiger partial charge < -0.3 is 14.7 Å². The number of H-pyrrole nitrogens is 1. The Kier molecular flexibility index (Phi) is 4.46. The number of aromatic nitrogens is 2. The smallest absolute Gasteiger partial charge is 0.289 e. The molecule has 0 aliphatic rings. The van der Waals surface area contributed by atoms with Crippen molar-refractivity contribution in [2.75, 3.05) is 0 Å². The lowest BCUT2D eigenvalue weighted by Gasteiger charge is -2.07. The first-order valence-corrected chi connectivity index (χ1v) is 8.97. The van der Waals surface area contributed by atoms with Gasteiger partial charge in [-0.1, -0.05) is 41.9 Å². The predicted molar refractivity (Wildman–Crippen MR) is 106 cm³/mol. The maximum atomic E-state index is 12.3. The van der Waals surface area contributed by atoms with Crippen LogP contribution in [0.4, 0.5) is 0 Å². The summed E-state index contributed by atoms with van der Waals surface area (Å²) in [5.41, 5.74) is 5.71. The van der Waals surface area contributed by atoms with Crippen molar-refractivity contribution in [3.05, 3.63) is 76.5 Å². The molecule has 27 heavy (non-hydrogen) atoms. The lowest BCUT2D eigenvalue weighted by molar-refractivity contribution is 0.0922. The lowest BCUT2D eigenvalue weighted by atomic mass is 10.1. The van der Waals surface area contributed by atoms with E-state index in [4.69, 9.17) is 16.0 Å². The molecule has 0 saturated heterocycles. The van der Waals surface area contributed by atoms with Crippen LogP contribution in [-0.2, 0) is 6.54 Å². The second-order valence-corrected chi connectivity index (χ2v) is 6.86. The van der Waals surface area contributed by atoms with Crippen LogP contribution in [0.25, 0.3) is 22.2 Å². The van der Waals surface area contributed by atoms with E-state index in [1.807, 2.05) is 30.3 Å². The molecular formula is C21H18ClN3O2. The van der Waals surface area contributed by atoms with E-state index in [0.29, 0.717) is 17.3 Å². The van der Waals surface area contributed by atoms with Gasteiger partial charge in [0.15, 0.2) is 6.39 Å². The molecule has 0 atom stereocenters. The van der Waals surface area contributed by atoms with Gasteiger partial charge >= 0.3 is 0 Å². The number of fused-ring (bicyclic) bond motifs is 1. The monoisotopic (exact) mass is 379 g/mol. The fraction of sp³-hybridized carbons (Fsp3) is 0.143. The molecule has 6 heteroatoms. The van der Waals surface area contributed by atoms with Crippen LogP contribution >= 0.6 is 11.6 Å². The Morgan fingerprint density at radius 3 is 2.70 bits per heavy atom. The highest BCUT2D eigenvalue weighted by atomic mass is 35.5. The van der Waals surface area contributed by atoms with Crippen LogP contribution in [-0.4, -0.2) is 15.9 Å². The van der Waals surface area contributed by atoms with Gasteiger partial charge in [0.25, 0.3) is 5.91 Å². The largest absolute Gasteiger partial charge is 0.438 e. The quantitative estimate of drug-likeness (QED) is 0.522. The molecule has 4 rings (SSSR count). The molecule has 0 saturated carbocycles. The fourth-order valence-electron chi connectivity index (χ4n) is 3.27. The molecule has 0 fully saturated rings. The normalized spacial score (nSPS) is 11.1. The van der Waals surface area contributed by atoms with Crippen molar-refractivity contribution >= 4 is 28.4 Å². The number of oxazole rings is 1. The number of nitrogens with one attached hydrogen (secondary N) is 2. The minimum atomic E-state index is -0.301. The van der Waals surface area contributed by atoms with E-state index in [0.717, 1.165) is 33.3 Å². The molecule has 2 heterocycles. The van der Waals surface area contributed by atoms with Gasteiger partial charge in [-0.2, -0.15) is 0 Å². The van der Waals surface area contributed by atoms with Crippen molar-refractivity contribution in [1.29, 1.82) is 0 Å². The molecule has 5 nitrogen and oxygen atoms in total. The summed E-state index contributed by atoms with van der Waals surface area (Å²) in [5.74, 6) is -0.0781. The molecule has 0 bridgehead atoms. The van der Waals surface area contributed by atoms with Gasteiger partial charge in [-0.15, -0.1) is 0 Å². The number of carbonyl (C=O) groups excluding carboxylic acids is 1. The predicted octanol–water partition coefficient (Wildman–Crippen LogP) is 5.02. The zero-order chi connectivity index (χ0) is 19.0. The molecule has 2 aromatic carbocycles. The molecule has 4 aromatic rings. The van der Waals surface area contributed by atoms with Gasteiger partial charge in [-0.25, -0.2) is 4.98 Å². The highest BCUT2D eigenvalue weighted by Gasteiger charge is 2.16. The third-order valence-electron chi connectivity index (χ3n) is 4.67. The number of rotatable bonds is 4. The molecule has 0 unspecified atom stereocenters. The van der Waals surface area contributed by atoms with Crippen molar-refractivity contribution in [3.63, 3.8) is 0 Å². The maximum Gasteiger partial charge on any atom is 0.289 e. The lowest BCUT2D eigenvalue weighted by Crippen LogP contribution is -2.23. The van der Waals surface area contributed by atoms with Crippen LogP contribution in [0.3, 0.4) is 0 Å². The van der Waals surface area contributed by atoms with Gasteiger partial charge in [0.2, 0.25) is 5.76 Å². The Morgan fingerprint density at radius 1 is 1.22 bits per heavy atom. The first kappa shape index (κ1) is 17.4. The van der Waals surface area contributed by atoms with E-state index >= 15 is 0 Å². The van der Waals surface area contributed by atoms with Gasteiger partial charge in [0.05, 0.1) is 11.2 Å². The first-order chi connectivity index (χ1) is 13.0. The Morgan fingerprint density at radius 2 is 2.00 bits per heavy atom. The van der Waals surface area contributed by atoms with Crippen molar-refractivity contribution in [3.8, 4) is 11.3 Å². The summed E-state index contributed by atoms with van der Waals surface area (Å²) in [6, 6.07) is 13.9. The number of aromatic amines is 1. The summed E-state index contributed by atoms with van der Waals surface area (Å²) in [4.78, 5) is 19.8. The van der Waals surface area contributed by atoms with Crippen molar-refractivity contribution in [2.24, 2.45) is 0 Å². The summed E-state index contributed by atoms with van der Waals surface area (Å²) in [7, 11) is 0. The second kappa shape index (κ2) is 6.93. The molecule has 0 aliphatic heterocycles. The Bertz CT molecular complexity index is 1130. The minimum absolute atomic E-state index is 0.223. The van der Waals surface area contributed by atoms with E-state index in [1.54, 1.807) is 6.92 Å². The van der Waals surface area contributed by atoms with Crippen LogP contribution in [0.2, 0.25) is 5.02 Å². The highest BCUT2D eigenvalue weighted by molar-refractivity contribution is 6.31. The standard InChI is InChI=1S/C21H18ClN3O2/c1-12-17-9-16(22)8-15(10-23-21(26)20-13(2)24-11-27-20)19(17)25-18(12)14-6-4-3-5-7-14/h3-9,11,25H,10H2,1-2H3,(H,23,26). The number of amides is 1. The average Bonchev–Trinajstić information content (AvgIpc) is 3.24. The maximum absolute atomic E-state index is 12.3. The summed E-state index contributed by atoms with van der Waals surface area (Å²) >= 11 is 6.34. The number of nitrogens with zero attached hydrogens (tertiary/aromatic N) is 1. The third-order valence-corrected chi connectivity index (χ3v) is 4.89. The Hall–Kier alpha value is -3.05. The fourth-order valence-corrected chi connectivity index (χ4v) is 3.51. The van der Waals surface area contributed by atoms with Crippen molar-refractivity contribution in [2.45, 2.75) is 20.4 Å². The highest BCUT2D eigenvalue weighted by Crippen LogP contribution is 2.33. The molecular weight excluding hydrogens is 362 g/mol. The van der Waals surface area contributed by atoms with E-state index in [-0.39, 0.29) is 11.7 Å². The van der Waals surface area contributed by atoms with Crippen molar-refractivity contribution in [1.82, 2.24) is 15.3 Å². The van der Waals surface area contributed by atoms with Crippen LogP contribution in [0, 0.1) is 13.8 Å². The van der Waals surface area contributed by atoms with Crippen LogP contribution in [0.1, 0.15) is 27.4 Å². The number of halogens is 1. The molecule has 2 aromatic heterocycles. The van der Waals surface area contributed by atoms with Crippen molar-refractivity contribution < 1.29 is 9.21 Å². The molecule has 0 spiro atoms. The molecule has 136 valence electrons. The number of aryl methyl sites for hydroxylation is 2. The van der Waals surface area contributed by atoms with Gasteiger partial charge in [-0.3, -0.25) is 4.79 Å². The summed E-state index contributed by atoms with van der Waals surface area (Å²) in [5, 5.41) is 4.55. The number of carbonyl (C=O) groups is 1. The topological polar surface area (TPSA) is 70.9 Å². The SMILES string of the molecule is Cc1ncoc1C(=O)NCc1cc(Cl)cc2c(C)c(-c3ccccc3)[nH]c12. The molecule has 0 aliphatic carbocycles. The second-order valence-electron chi connectivity index (χ2n) is 6.43. The molecule has 2 N–H and O–H groups in total. The Labute approximate surface area is 161 Å². The average molecular weight is 380 g/mol. The van der Waals surface area contributed by atoms with Crippen LogP contribution in [0.5, 0.6) is 0 Å². The third kappa shape index (κ3) is 3.22. The number of benzene rings is 2. The van der Waals surface area contributed by atoms with Crippen LogP contribution in [0.15, 0.2) is 53.3 Å². The minimum Gasteiger partial charge on any atom is -0.438 e.